The van der Waals surface area contributed by atoms with E-state index in [2.05, 4.69) is 15.6 Å². The molecule has 2 N–H and O–H groups in total. The fraction of sp³-hybridized carbons (Fsp3) is 0.259. The first kappa shape index (κ1) is 25.9. The Morgan fingerprint density at radius 3 is 2.51 bits per heavy atom. The van der Waals surface area contributed by atoms with Crippen molar-refractivity contribution in [3.63, 3.8) is 0 Å². The Morgan fingerprint density at radius 2 is 1.81 bits per heavy atom. The molecule has 0 saturated heterocycles. The number of ether oxygens (including phenoxy) is 2. The molecule has 4 aromatic rings. The fourth-order valence-corrected chi connectivity index (χ4v) is 5.01. The predicted molar refractivity (Wildman–Crippen MR) is 144 cm³/mol. The topological polar surface area (TPSA) is 112 Å². The SMILES string of the molecule is COc1ccc(CCNC(=O)C(C)n2cnc3sc(C(=O)Nc4ccccc4)c(C)c3c2=O)cc1OC. The number of nitrogens with zero attached hydrogens (tertiary/aromatic N) is 2. The maximum absolute atomic E-state index is 13.3. The molecule has 0 saturated carbocycles. The van der Waals surface area contributed by atoms with Gasteiger partial charge in [-0.3, -0.25) is 19.0 Å². The molecule has 0 aliphatic rings. The summed E-state index contributed by atoms with van der Waals surface area (Å²) in [5, 5.41) is 6.06. The van der Waals surface area contributed by atoms with E-state index in [-0.39, 0.29) is 17.4 Å². The minimum Gasteiger partial charge on any atom is -0.493 e. The van der Waals surface area contributed by atoms with Crippen LogP contribution in [0, 0.1) is 6.92 Å². The van der Waals surface area contributed by atoms with Crippen LogP contribution in [0.1, 0.15) is 33.8 Å². The summed E-state index contributed by atoms with van der Waals surface area (Å²) in [4.78, 5) is 44.2. The van der Waals surface area contributed by atoms with Gasteiger partial charge in [-0.2, -0.15) is 0 Å². The van der Waals surface area contributed by atoms with Gasteiger partial charge in [0.05, 0.1) is 30.8 Å². The van der Waals surface area contributed by atoms with Crippen LogP contribution in [0.2, 0.25) is 0 Å². The van der Waals surface area contributed by atoms with Gasteiger partial charge in [0.25, 0.3) is 11.5 Å². The van der Waals surface area contributed by atoms with Crippen molar-refractivity contribution in [3.05, 3.63) is 81.2 Å². The highest BCUT2D eigenvalue weighted by Gasteiger charge is 2.23. The molecule has 1 unspecified atom stereocenters. The number of amides is 2. The molecule has 37 heavy (non-hydrogen) atoms. The number of carbonyl (C=O) groups is 2. The van der Waals surface area contributed by atoms with Crippen molar-refractivity contribution in [3.8, 4) is 11.5 Å². The molecule has 2 aromatic carbocycles. The minimum absolute atomic E-state index is 0.307. The van der Waals surface area contributed by atoms with Crippen LogP contribution in [0.4, 0.5) is 5.69 Å². The number of aromatic nitrogens is 2. The number of thiophene rings is 1. The third-order valence-corrected chi connectivity index (χ3v) is 7.27. The van der Waals surface area contributed by atoms with Gasteiger partial charge < -0.3 is 20.1 Å². The first-order valence-electron chi connectivity index (χ1n) is 11.7. The maximum Gasteiger partial charge on any atom is 0.266 e. The lowest BCUT2D eigenvalue weighted by Crippen LogP contribution is -2.36. The molecule has 0 bridgehead atoms. The van der Waals surface area contributed by atoms with Crippen LogP contribution < -0.4 is 25.7 Å². The molecular formula is C27H28N4O5S. The van der Waals surface area contributed by atoms with Gasteiger partial charge in [-0.25, -0.2) is 4.98 Å². The summed E-state index contributed by atoms with van der Waals surface area (Å²) in [5.74, 6) is 0.640. The summed E-state index contributed by atoms with van der Waals surface area (Å²) in [7, 11) is 3.15. The van der Waals surface area contributed by atoms with Crippen LogP contribution in [0.5, 0.6) is 11.5 Å². The summed E-state index contributed by atoms with van der Waals surface area (Å²) in [5.41, 5.74) is 1.82. The molecule has 9 nitrogen and oxygen atoms in total. The first-order valence-corrected chi connectivity index (χ1v) is 12.5. The lowest BCUT2D eigenvalue weighted by Gasteiger charge is -2.15. The number of nitrogens with one attached hydrogen (secondary N) is 2. The average molecular weight is 521 g/mol. The molecule has 2 aromatic heterocycles. The van der Waals surface area contributed by atoms with Crippen LogP contribution in [-0.2, 0) is 11.2 Å². The summed E-state index contributed by atoms with van der Waals surface area (Å²) in [6.45, 7) is 3.75. The molecule has 0 radical (unpaired) electrons. The van der Waals surface area contributed by atoms with Crippen molar-refractivity contribution in [1.82, 2.24) is 14.9 Å². The van der Waals surface area contributed by atoms with Gasteiger partial charge in [-0.05, 0) is 55.7 Å². The third kappa shape index (κ3) is 5.49. The Bertz CT molecular complexity index is 1500. The number of methoxy groups -OCH3 is 2. The van der Waals surface area contributed by atoms with E-state index in [4.69, 9.17) is 9.47 Å². The van der Waals surface area contributed by atoms with Crippen LogP contribution in [-0.4, -0.2) is 42.1 Å². The highest BCUT2D eigenvalue weighted by Crippen LogP contribution is 2.29. The molecule has 192 valence electrons. The van der Waals surface area contributed by atoms with Crippen molar-refractivity contribution in [2.75, 3.05) is 26.1 Å². The molecule has 0 aliphatic carbocycles. The second-order valence-corrected chi connectivity index (χ2v) is 9.42. The molecule has 0 aliphatic heterocycles. The van der Waals surface area contributed by atoms with Gasteiger partial charge in [0.2, 0.25) is 5.91 Å². The smallest absolute Gasteiger partial charge is 0.266 e. The van der Waals surface area contributed by atoms with Crippen LogP contribution >= 0.6 is 11.3 Å². The van der Waals surface area contributed by atoms with E-state index in [9.17, 15) is 14.4 Å². The largest absolute Gasteiger partial charge is 0.493 e. The standard InChI is InChI=1S/C27H28N4O5S/c1-16-22-26(37-23(16)25(33)30-19-8-6-5-7-9-19)29-15-31(27(22)34)17(2)24(32)28-13-12-18-10-11-20(35-3)21(14-18)36-4/h5-11,14-15,17H,12-13H2,1-4H3,(H,28,32)(H,30,33). The first-order chi connectivity index (χ1) is 17.8. The molecule has 1 atom stereocenters. The second-order valence-electron chi connectivity index (χ2n) is 8.42. The number of anilines is 1. The normalized spacial score (nSPS) is 11.7. The third-order valence-electron chi connectivity index (χ3n) is 6.07. The van der Waals surface area contributed by atoms with E-state index in [1.165, 1.54) is 10.9 Å². The highest BCUT2D eigenvalue weighted by molar-refractivity contribution is 7.20. The Hall–Kier alpha value is -4.18. The Balaban J connectivity index is 1.47. The van der Waals surface area contributed by atoms with Crippen molar-refractivity contribution in [2.24, 2.45) is 0 Å². The molecule has 0 spiro atoms. The van der Waals surface area contributed by atoms with E-state index in [0.717, 1.165) is 16.9 Å². The van der Waals surface area contributed by atoms with Crippen molar-refractivity contribution < 1.29 is 19.1 Å². The van der Waals surface area contributed by atoms with E-state index in [1.54, 1.807) is 40.2 Å². The van der Waals surface area contributed by atoms with E-state index >= 15 is 0 Å². The number of aryl methyl sites for hydroxylation is 1. The fourth-order valence-electron chi connectivity index (χ4n) is 3.98. The van der Waals surface area contributed by atoms with Gasteiger partial charge in [0, 0.05) is 12.2 Å². The lowest BCUT2D eigenvalue weighted by molar-refractivity contribution is -0.123. The average Bonchev–Trinajstić information content (AvgIpc) is 3.26. The number of hydrogen-bond acceptors (Lipinski definition) is 7. The Labute approximate surface area is 218 Å². The number of benzene rings is 2. The molecular weight excluding hydrogens is 492 g/mol. The zero-order chi connectivity index (χ0) is 26.5. The van der Waals surface area contributed by atoms with Crippen molar-refractivity contribution in [1.29, 1.82) is 0 Å². The molecule has 4 rings (SSSR count). The molecule has 10 heteroatoms. The van der Waals surface area contributed by atoms with Gasteiger partial charge >= 0.3 is 0 Å². The van der Waals surface area contributed by atoms with Gasteiger partial charge in [-0.15, -0.1) is 11.3 Å². The summed E-state index contributed by atoms with van der Waals surface area (Å²) < 4.78 is 11.9. The van der Waals surface area contributed by atoms with Gasteiger partial charge in [0.1, 0.15) is 10.9 Å². The summed E-state index contributed by atoms with van der Waals surface area (Å²) >= 11 is 1.16. The number of para-hydroxylation sites is 1. The number of hydrogen-bond donors (Lipinski definition) is 2. The van der Waals surface area contributed by atoms with Crippen LogP contribution in [0.15, 0.2) is 59.7 Å². The van der Waals surface area contributed by atoms with Gasteiger partial charge in [-0.1, -0.05) is 24.3 Å². The van der Waals surface area contributed by atoms with Crippen molar-refractivity contribution in [2.45, 2.75) is 26.3 Å². The second kappa shape index (κ2) is 11.3. The van der Waals surface area contributed by atoms with E-state index < -0.39 is 6.04 Å². The van der Waals surface area contributed by atoms with Crippen LogP contribution in [0.3, 0.4) is 0 Å². The minimum atomic E-state index is -0.782. The quantitative estimate of drug-likeness (QED) is 0.346. The Morgan fingerprint density at radius 1 is 1.08 bits per heavy atom. The monoisotopic (exact) mass is 520 g/mol. The van der Waals surface area contributed by atoms with Gasteiger partial charge in [0.15, 0.2) is 11.5 Å². The number of rotatable bonds is 9. The molecule has 0 fully saturated rings. The van der Waals surface area contributed by atoms with E-state index in [0.29, 0.717) is 50.8 Å². The zero-order valence-electron chi connectivity index (χ0n) is 21.0. The molecule has 2 amide bonds. The summed E-state index contributed by atoms with van der Waals surface area (Å²) in [6.07, 6.45) is 1.94. The highest BCUT2D eigenvalue weighted by atomic mass is 32.1. The maximum atomic E-state index is 13.3. The van der Waals surface area contributed by atoms with Crippen LogP contribution in [0.25, 0.3) is 10.2 Å². The lowest BCUT2D eigenvalue weighted by atomic mass is 10.1. The van der Waals surface area contributed by atoms with Crippen molar-refractivity contribution >= 4 is 39.1 Å². The number of fused-ring (bicyclic) bond motifs is 1. The predicted octanol–water partition coefficient (Wildman–Crippen LogP) is 3.96. The van der Waals surface area contributed by atoms with E-state index in [1.807, 2.05) is 36.4 Å². The zero-order valence-corrected chi connectivity index (χ0v) is 21.8. The molecule has 2 heterocycles. The Kier molecular flexibility index (Phi) is 7.88. The number of carbonyl (C=O) groups excluding carboxylic acids is 2. The summed E-state index contributed by atoms with van der Waals surface area (Å²) in [6, 6.07) is 13.9.